The van der Waals surface area contributed by atoms with E-state index in [2.05, 4.69) is 159 Å². The average Bonchev–Trinajstić information content (AvgIpc) is 3.26. The third-order valence-corrected chi connectivity index (χ3v) is 11.0. The Morgan fingerprint density at radius 1 is 0.527 bits per heavy atom. The van der Waals surface area contributed by atoms with Crippen molar-refractivity contribution in [3.8, 4) is 17.2 Å². The number of nitriles is 1. The summed E-state index contributed by atoms with van der Waals surface area (Å²) < 4.78 is 0. The third kappa shape index (κ3) is 6.22. The summed E-state index contributed by atoms with van der Waals surface area (Å²) in [6, 6.07) is 62.4. The molecule has 0 N–H and O–H groups in total. The zero-order valence-electron chi connectivity index (χ0n) is 31.0. The first-order valence-corrected chi connectivity index (χ1v) is 19.1. The molecule has 0 aliphatic carbocycles. The molecule has 0 aliphatic rings. The number of benzene rings is 9. The summed E-state index contributed by atoms with van der Waals surface area (Å²) in [6.45, 7) is 4.89. The minimum atomic E-state index is 0.236. The standard InChI is InChI=1S/C52H39N3/c1-3-34(2)51(37-14-5-4-6-15-37)55-52(54-33-36-26-24-35(32-53)25-27-36)40-17-13-16-38(30-40)39-28-29-44-43-20-9-11-22-46(43)49-45-21-10-7-18-41(45)42-19-8-12-23-47(42)50(49)48(44)31-39/h4-31,34H,3,33H2,1-2H3. The number of aliphatic imine (C=N–C) groups is 2. The summed E-state index contributed by atoms with van der Waals surface area (Å²) in [7, 11) is 0. The van der Waals surface area contributed by atoms with Crippen LogP contribution in [-0.4, -0.2) is 11.5 Å². The molecule has 9 aromatic carbocycles. The van der Waals surface area contributed by atoms with E-state index >= 15 is 0 Å². The van der Waals surface area contributed by atoms with Gasteiger partial charge in [0.25, 0.3) is 0 Å². The molecule has 262 valence electrons. The molecule has 0 heterocycles. The van der Waals surface area contributed by atoms with Crippen LogP contribution in [-0.2, 0) is 6.54 Å². The summed E-state index contributed by atoms with van der Waals surface area (Å²) in [5.41, 5.74) is 7.01. The number of hydrogen-bond acceptors (Lipinski definition) is 2. The van der Waals surface area contributed by atoms with Crippen LogP contribution in [0.4, 0.5) is 0 Å². The number of rotatable bonds is 7. The van der Waals surface area contributed by atoms with E-state index in [4.69, 9.17) is 9.98 Å². The summed E-state index contributed by atoms with van der Waals surface area (Å²) in [5.74, 6) is 0.931. The SMILES string of the molecule is CCC(C)C(=NC(=NCc1ccc(C#N)cc1)c1cccc(-c2ccc3c4ccccc4c4c5ccccc5c5ccccc5c4c3c2)c1)c1ccccc1. The molecule has 0 spiro atoms. The fourth-order valence-electron chi connectivity index (χ4n) is 8.06. The summed E-state index contributed by atoms with van der Waals surface area (Å²) >= 11 is 0. The van der Waals surface area contributed by atoms with Gasteiger partial charge in [-0.05, 0) is 113 Å². The predicted octanol–water partition coefficient (Wildman–Crippen LogP) is 13.5. The highest BCUT2D eigenvalue weighted by molar-refractivity contribution is 6.39. The van der Waals surface area contributed by atoms with Gasteiger partial charge in [-0.1, -0.05) is 159 Å². The van der Waals surface area contributed by atoms with Gasteiger partial charge in [0, 0.05) is 5.56 Å². The zero-order valence-corrected chi connectivity index (χ0v) is 31.0. The molecule has 1 atom stereocenters. The van der Waals surface area contributed by atoms with E-state index in [1.807, 2.05) is 30.3 Å². The second-order valence-corrected chi connectivity index (χ2v) is 14.3. The Morgan fingerprint density at radius 3 is 1.65 bits per heavy atom. The smallest absolute Gasteiger partial charge is 0.155 e. The van der Waals surface area contributed by atoms with Crippen LogP contribution >= 0.6 is 0 Å². The molecule has 0 bridgehead atoms. The van der Waals surface area contributed by atoms with Gasteiger partial charge in [-0.2, -0.15) is 5.26 Å². The maximum absolute atomic E-state index is 9.35. The molecule has 9 aromatic rings. The molecule has 0 saturated carbocycles. The molecule has 3 nitrogen and oxygen atoms in total. The Bertz CT molecular complexity index is 2990. The van der Waals surface area contributed by atoms with Crippen molar-refractivity contribution in [2.45, 2.75) is 26.8 Å². The van der Waals surface area contributed by atoms with Gasteiger partial charge in [-0.25, -0.2) is 4.99 Å². The maximum Gasteiger partial charge on any atom is 0.155 e. The number of amidine groups is 1. The lowest BCUT2D eigenvalue weighted by Gasteiger charge is -2.17. The van der Waals surface area contributed by atoms with Crippen LogP contribution in [0, 0.1) is 17.2 Å². The minimum absolute atomic E-state index is 0.236. The van der Waals surface area contributed by atoms with Crippen molar-refractivity contribution >= 4 is 65.4 Å². The van der Waals surface area contributed by atoms with E-state index in [-0.39, 0.29) is 5.92 Å². The highest BCUT2D eigenvalue weighted by atomic mass is 14.9. The molecule has 9 rings (SSSR count). The lowest BCUT2D eigenvalue weighted by atomic mass is 9.86. The van der Waals surface area contributed by atoms with Crippen LogP contribution in [0.15, 0.2) is 180 Å². The topological polar surface area (TPSA) is 48.5 Å². The molecule has 0 fully saturated rings. The van der Waals surface area contributed by atoms with Gasteiger partial charge < -0.3 is 0 Å². The van der Waals surface area contributed by atoms with Crippen LogP contribution in [0.3, 0.4) is 0 Å². The summed E-state index contributed by atoms with van der Waals surface area (Å²) in [5, 5.41) is 22.1. The molecule has 0 aliphatic heterocycles. The Hall–Kier alpha value is -6.89. The van der Waals surface area contributed by atoms with Crippen LogP contribution in [0.5, 0.6) is 0 Å². The van der Waals surface area contributed by atoms with Crippen molar-refractivity contribution in [1.82, 2.24) is 0 Å². The fourth-order valence-corrected chi connectivity index (χ4v) is 8.06. The molecule has 0 amide bonds. The van der Waals surface area contributed by atoms with Crippen LogP contribution in [0.25, 0.3) is 65.0 Å². The molecule has 55 heavy (non-hydrogen) atoms. The van der Waals surface area contributed by atoms with E-state index in [0.29, 0.717) is 17.9 Å². The van der Waals surface area contributed by atoms with Crippen molar-refractivity contribution in [3.63, 3.8) is 0 Å². The summed E-state index contributed by atoms with van der Waals surface area (Å²) in [6.07, 6.45) is 0.959. The Balaban J connectivity index is 1.25. The third-order valence-electron chi connectivity index (χ3n) is 11.0. The fraction of sp³-hybridized carbons (Fsp3) is 0.0962. The molecule has 1 unspecified atom stereocenters. The zero-order chi connectivity index (χ0) is 37.3. The van der Waals surface area contributed by atoms with Crippen molar-refractivity contribution in [3.05, 3.63) is 192 Å². The van der Waals surface area contributed by atoms with E-state index in [1.54, 1.807) is 0 Å². The first-order valence-electron chi connectivity index (χ1n) is 19.1. The normalized spacial score (nSPS) is 12.8. The molecule has 0 radical (unpaired) electrons. The van der Waals surface area contributed by atoms with E-state index in [1.165, 1.54) is 53.9 Å². The number of nitrogens with zero attached hydrogens (tertiary/aromatic N) is 3. The Labute approximate surface area is 321 Å². The van der Waals surface area contributed by atoms with Crippen LogP contribution < -0.4 is 0 Å². The van der Waals surface area contributed by atoms with Gasteiger partial charge in [0.1, 0.15) is 0 Å². The summed E-state index contributed by atoms with van der Waals surface area (Å²) in [4.78, 5) is 10.5. The van der Waals surface area contributed by atoms with Crippen molar-refractivity contribution in [2.75, 3.05) is 0 Å². The Morgan fingerprint density at radius 2 is 1.05 bits per heavy atom. The van der Waals surface area contributed by atoms with Gasteiger partial charge in [0.2, 0.25) is 0 Å². The predicted molar refractivity (Wildman–Crippen MR) is 233 cm³/mol. The lowest BCUT2D eigenvalue weighted by molar-refractivity contribution is 0.741. The largest absolute Gasteiger partial charge is 0.261 e. The molecular weight excluding hydrogens is 667 g/mol. The molecule has 0 aromatic heterocycles. The van der Waals surface area contributed by atoms with Gasteiger partial charge in [0.15, 0.2) is 5.84 Å². The van der Waals surface area contributed by atoms with Crippen molar-refractivity contribution in [2.24, 2.45) is 15.9 Å². The quantitative estimate of drug-likeness (QED) is 0.0925. The van der Waals surface area contributed by atoms with Crippen LogP contribution in [0.2, 0.25) is 0 Å². The van der Waals surface area contributed by atoms with Crippen molar-refractivity contribution < 1.29 is 0 Å². The Kier molecular flexibility index (Phi) is 8.94. The maximum atomic E-state index is 9.35. The van der Waals surface area contributed by atoms with Gasteiger partial charge in [-0.15, -0.1) is 0 Å². The minimum Gasteiger partial charge on any atom is -0.261 e. The first-order chi connectivity index (χ1) is 27.1. The van der Waals surface area contributed by atoms with Gasteiger partial charge >= 0.3 is 0 Å². The molecule has 3 heteroatoms. The van der Waals surface area contributed by atoms with Crippen LogP contribution in [0.1, 0.15) is 42.5 Å². The van der Waals surface area contributed by atoms with E-state index in [9.17, 15) is 5.26 Å². The number of fused-ring (bicyclic) bond motifs is 11. The van der Waals surface area contributed by atoms with E-state index in [0.717, 1.165) is 39.9 Å². The second kappa shape index (κ2) is 14.5. The monoisotopic (exact) mass is 705 g/mol. The van der Waals surface area contributed by atoms with Crippen molar-refractivity contribution in [1.29, 1.82) is 5.26 Å². The lowest BCUT2D eigenvalue weighted by Crippen LogP contribution is -2.15. The highest BCUT2D eigenvalue weighted by Gasteiger charge is 2.18. The second-order valence-electron chi connectivity index (χ2n) is 14.3. The average molecular weight is 706 g/mol. The molecular formula is C52H39N3. The van der Waals surface area contributed by atoms with Gasteiger partial charge in [0.05, 0.1) is 23.9 Å². The van der Waals surface area contributed by atoms with E-state index < -0.39 is 0 Å². The first kappa shape index (κ1) is 33.9. The molecule has 0 saturated heterocycles. The highest BCUT2D eigenvalue weighted by Crippen LogP contribution is 2.44. The van der Waals surface area contributed by atoms with Gasteiger partial charge in [-0.3, -0.25) is 4.99 Å². The number of hydrogen-bond donors (Lipinski definition) is 0.